The van der Waals surface area contributed by atoms with Gasteiger partial charge in [-0.1, -0.05) is 18.2 Å². The van der Waals surface area contributed by atoms with Gasteiger partial charge in [0.15, 0.2) is 5.69 Å². The molecule has 29 heavy (non-hydrogen) atoms. The number of carbonyl (C=O) groups excluding carboxylic acids is 1. The van der Waals surface area contributed by atoms with Gasteiger partial charge in [-0.2, -0.15) is 15.0 Å². The molecule has 1 aromatic carbocycles. The lowest BCUT2D eigenvalue weighted by Gasteiger charge is -2.08. The molecule has 0 aliphatic rings. The molecule has 3 aromatic heterocycles. The number of hydrogen-bond acceptors (Lipinski definition) is 6. The first kappa shape index (κ1) is 18.6. The van der Waals surface area contributed by atoms with Crippen LogP contribution in [0.4, 0.5) is 5.69 Å². The first-order valence-corrected chi connectivity index (χ1v) is 10.4. The number of carbonyl (C=O) groups is 1. The molecule has 148 valence electrons. The van der Waals surface area contributed by atoms with Crippen molar-refractivity contribution >= 4 is 27.1 Å². The van der Waals surface area contributed by atoms with Gasteiger partial charge in [0.2, 0.25) is 10.0 Å². The molecule has 0 saturated heterocycles. The van der Waals surface area contributed by atoms with Gasteiger partial charge in [0.1, 0.15) is 0 Å². The number of rotatable bonds is 7. The Morgan fingerprint density at radius 3 is 2.72 bits per heavy atom. The van der Waals surface area contributed by atoms with Gasteiger partial charge in [0.25, 0.3) is 5.91 Å². The van der Waals surface area contributed by atoms with Crippen LogP contribution in [0.5, 0.6) is 0 Å². The summed E-state index contributed by atoms with van der Waals surface area (Å²) in [6.45, 7) is -0.0682. The summed E-state index contributed by atoms with van der Waals surface area (Å²) in [7, 11) is -3.64. The normalized spacial score (nSPS) is 11.4. The van der Waals surface area contributed by atoms with Crippen LogP contribution < -0.4 is 10.0 Å². The lowest BCUT2D eigenvalue weighted by atomic mass is 10.3. The van der Waals surface area contributed by atoms with Crippen LogP contribution in [-0.4, -0.2) is 51.2 Å². The minimum Gasteiger partial charge on any atom is -0.349 e. The van der Waals surface area contributed by atoms with E-state index in [4.69, 9.17) is 0 Å². The number of pyridine rings is 1. The topological polar surface area (TPSA) is 123 Å². The number of hydrogen-bond donors (Lipinski definition) is 2. The van der Waals surface area contributed by atoms with Gasteiger partial charge in [-0.25, -0.2) is 12.9 Å². The van der Waals surface area contributed by atoms with E-state index in [1.165, 1.54) is 11.0 Å². The third-order valence-corrected chi connectivity index (χ3v) is 5.33. The standard InChI is InChI=1S/C18H17N7O3S/c26-18(17-13-21-25(22-17)15-4-2-1-3-5-15)19-9-11-29(27,28)23-14-7-10-24-16(12-14)6-8-20-24/h1-8,10,12-13,23H,9,11H2,(H,19,26). The highest BCUT2D eigenvalue weighted by Crippen LogP contribution is 2.13. The zero-order chi connectivity index (χ0) is 20.3. The third-order valence-electron chi connectivity index (χ3n) is 4.04. The molecule has 0 unspecified atom stereocenters. The molecule has 0 spiro atoms. The molecule has 0 saturated carbocycles. The van der Waals surface area contributed by atoms with Gasteiger partial charge in [-0.15, -0.1) is 5.10 Å². The summed E-state index contributed by atoms with van der Waals surface area (Å²) in [5.74, 6) is -0.779. The van der Waals surface area contributed by atoms with Crippen LogP contribution in [0.1, 0.15) is 10.5 Å². The van der Waals surface area contributed by atoms with Crippen molar-refractivity contribution in [2.24, 2.45) is 0 Å². The first-order chi connectivity index (χ1) is 14.0. The second-order valence-electron chi connectivity index (χ2n) is 6.15. The van der Waals surface area contributed by atoms with Gasteiger partial charge >= 0.3 is 0 Å². The fraction of sp³-hybridized carbons (Fsp3) is 0.111. The fourth-order valence-corrected chi connectivity index (χ4v) is 3.62. The van der Waals surface area contributed by atoms with E-state index in [2.05, 4.69) is 25.3 Å². The van der Waals surface area contributed by atoms with E-state index in [1.807, 2.05) is 18.2 Å². The Hall–Kier alpha value is -3.73. The average Bonchev–Trinajstić information content (AvgIpc) is 3.37. The molecule has 0 aliphatic carbocycles. The van der Waals surface area contributed by atoms with E-state index in [0.717, 1.165) is 5.52 Å². The summed E-state index contributed by atoms with van der Waals surface area (Å²) < 4.78 is 28.6. The Morgan fingerprint density at radius 2 is 1.90 bits per heavy atom. The van der Waals surface area contributed by atoms with E-state index >= 15 is 0 Å². The van der Waals surface area contributed by atoms with Gasteiger partial charge in [0.05, 0.1) is 28.8 Å². The highest BCUT2D eigenvalue weighted by molar-refractivity contribution is 7.92. The average molecular weight is 411 g/mol. The molecule has 11 heteroatoms. The number of sulfonamides is 1. The van der Waals surface area contributed by atoms with Gasteiger partial charge < -0.3 is 5.32 Å². The van der Waals surface area contributed by atoms with Crippen molar-refractivity contribution in [1.82, 2.24) is 29.9 Å². The first-order valence-electron chi connectivity index (χ1n) is 8.70. The van der Waals surface area contributed by atoms with Gasteiger partial charge in [-0.3, -0.25) is 9.52 Å². The SMILES string of the molecule is O=C(NCCS(=O)(=O)Nc1ccn2nccc2c1)c1cnn(-c2ccccc2)n1. The number of benzene rings is 1. The molecule has 0 radical (unpaired) electrons. The summed E-state index contributed by atoms with van der Waals surface area (Å²) in [4.78, 5) is 13.5. The van der Waals surface area contributed by atoms with Crippen LogP contribution in [0.25, 0.3) is 11.2 Å². The van der Waals surface area contributed by atoms with Crippen LogP contribution in [0.2, 0.25) is 0 Å². The van der Waals surface area contributed by atoms with Gasteiger partial charge in [0, 0.05) is 18.9 Å². The van der Waals surface area contributed by atoms with E-state index < -0.39 is 15.9 Å². The summed E-state index contributed by atoms with van der Waals surface area (Å²) in [6, 6.07) is 14.2. The molecule has 4 rings (SSSR count). The van der Waals surface area contributed by atoms with Crippen LogP contribution >= 0.6 is 0 Å². The number of amides is 1. The monoisotopic (exact) mass is 411 g/mol. The van der Waals surface area contributed by atoms with Crippen molar-refractivity contribution in [1.29, 1.82) is 0 Å². The second kappa shape index (κ2) is 7.72. The Kier molecular flexibility index (Phi) is 4.96. The third kappa shape index (κ3) is 4.41. The molecule has 1 amide bonds. The molecule has 2 N–H and O–H groups in total. The molecule has 0 fully saturated rings. The van der Waals surface area contributed by atoms with Crippen molar-refractivity contribution in [3.05, 3.63) is 72.8 Å². The van der Waals surface area contributed by atoms with E-state index in [9.17, 15) is 13.2 Å². The van der Waals surface area contributed by atoms with Crippen LogP contribution in [0.3, 0.4) is 0 Å². The predicted molar refractivity (Wildman–Crippen MR) is 106 cm³/mol. The molecule has 10 nitrogen and oxygen atoms in total. The number of nitrogens with zero attached hydrogens (tertiary/aromatic N) is 5. The summed E-state index contributed by atoms with van der Waals surface area (Å²) in [5, 5.41) is 14.8. The maximum Gasteiger partial charge on any atom is 0.273 e. The Morgan fingerprint density at radius 1 is 1.07 bits per heavy atom. The molecular formula is C18H17N7O3S. The highest BCUT2D eigenvalue weighted by Gasteiger charge is 2.15. The smallest absolute Gasteiger partial charge is 0.273 e. The van der Waals surface area contributed by atoms with Crippen LogP contribution in [-0.2, 0) is 10.0 Å². The van der Waals surface area contributed by atoms with Crippen molar-refractivity contribution in [3.8, 4) is 5.69 Å². The number of nitrogens with one attached hydrogen (secondary N) is 2. The Balaban J connectivity index is 1.33. The summed E-state index contributed by atoms with van der Waals surface area (Å²) in [6.07, 6.45) is 4.61. The highest BCUT2D eigenvalue weighted by atomic mass is 32.2. The maximum absolute atomic E-state index is 12.3. The summed E-state index contributed by atoms with van der Waals surface area (Å²) >= 11 is 0. The Bertz CT molecular complexity index is 1250. The minimum atomic E-state index is -3.64. The lowest BCUT2D eigenvalue weighted by molar-refractivity contribution is 0.0950. The fourth-order valence-electron chi connectivity index (χ4n) is 2.66. The van der Waals surface area contributed by atoms with Crippen LogP contribution in [0.15, 0.2) is 67.1 Å². The quantitative estimate of drug-likeness (QED) is 0.469. The number of aromatic nitrogens is 5. The van der Waals surface area contributed by atoms with Crippen molar-refractivity contribution in [3.63, 3.8) is 0 Å². The molecule has 0 atom stereocenters. The zero-order valence-corrected chi connectivity index (χ0v) is 16.0. The zero-order valence-electron chi connectivity index (χ0n) is 15.1. The minimum absolute atomic E-state index is 0.0682. The molecule has 0 aliphatic heterocycles. The van der Waals surface area contributed by atoms with E-state index in [0.29, 0.717) is 11.4 Å². The Labute approximate surface area is 166 Å². The van der Waals surface area contributed by atoms with Crippen LogP contribution in [0, 0.1) is 0 Å². The van der Waals surface area contributed by atoms with Crippen molar-refractivity contribution in [2.45, 2.75) is 0 Å². The number of anilines is 1. The molecule has 0 bridgehead atoms. The van der Waals surface area contributed by atoms with Crippen molar-refractivity contribution < 1.29 is 13.2 Å². The largest absolute Gasteiger partial charge is 0.349 e. The molecule has 4 aromatic rings. The molecule has 3 heterocycles. The van der Waals surface area contributed by atoms with E-state index in [-0.39, 0.29) is 18.0 Å². The summed E-state index contributed by atoms with van der Waals surface area (Å²) in [5.41, 5.74) is 2.01. The number of fused-ring (bicyclic) bond motifs is 1. The predicted octanol–water partition coefficient (Wildman–Crippen LogP) is 1.09. The van der Waals surface area contributed by atoms with Gasteiger partial charge in [-0.05, 0) is 30.3 Å². The van der Waals surface area contributed by atoms with E-state index in [1.54, 1.807) is 47.2 Å². The number of para-hydroxylation sites is 1. The lowest BCUT2D eigenvalue weighted by Crippen LogP contribution is -2.31. The van der Waals surface area contributed by atoms with Crippen molar-refractivity contribution in [2.75, 3.05) is 17.0 Å². The molecular weight excluding hydrogens is 394 g/mol. The maximum atomic E-state index is 12.3. The second-order valence-corrected chi connectivity index (χ2v) is 7.99.